The molecule has 2 N–H and O–H groups in total. The summed E-state index contributed by atoms with van der Waals surface area (Å²) < 4.78 is 0.483. The third-order valence-corrected chi connectivity index (χ3v) is 6.08. The first kappa shape index (κ1) is 23.2. The summed E-state index contributed by atoms with van der Waals surface area (Å²) in [6.07, 6.45) is 1.69. The molecule has 2 amide bonds. The van der Waals surface area contributed by atoms with Crippen LogP contribution in [-0.4, -0.2) is 28.3 Å². The summed E-state index contributed by atoms with van der Waals surface area (Å²) in [6.45, 7) is 2.17. The number of benzene rings is 2. The number of aromatic nitrogens is 2. The Morgan fingerprint density at radius 2 is 1.87 bits per heavy atom. The second-order valence-corrected chi connectivity index (χ2v) is 8.85. The number of amides is 2. The molecule has 0 saturated carbocycles. The van der Waals surface area contributed by atoms with Crippen molar-refractivity contribution in [2.75, 3.05) is 11.9 Å². The number of halogens is 2. The molecule has 31 heavy (non-hydrogen) atoms. The third-order valence-electron chi connectivity index (χ3n) is 4.22. The van der Waals surface area contributed by atoms with Crippen molar-refractivity contribution in [1.29, 1.82) is 0 Å². The molecule has 0 aliphatic carbocycles. The van der Waals surface area contributed by atoms with Gasteiger partial charge in [0.2, 0.25) is 5.91 Å². The molecule has 0 unspecified atom stereocenters. The van der Waals surface area contributed by atoms with E-state index in [-0.39, 0.29) is 30.5 Å². The maximum absolute atomic E-state index is 12.5. The Kier molecular flexibility index (Phi) is 8.45. The van der Waals surface area contributed by atoms with Crippen LogP contribution in [0.5, 0.6) is 0 Å². The number of carbonyl (C=O) groups is 2. The monoisotopic (exact) mass is 518 g/mol. The van der Waals surface area contributed by atoms with Crippen LogP contribution in [-0.2, 0) is 10.5 Å². The van der Waals surface area contributed by atoms with E-state index in [1.165, 1.54) is 11.8 Å². The van der Waals surface area contributed by atoms with E-state index in [4.69, 9.17) is 11.6 Å². The van der Waals surface area contributed by atoms with Gasteiger partial charge >= 0.3 is 0 Å². The number of rotatable bonds is 8. The van der Waals surface area contributed by atoms with Gasteiger partial charge in [-0.25, -0.2) is 9.97 Å². The minimum atomic E-state index is -0.378. The molecule has 3 aromatic rings. The summed E-state index contributed by atoms with van der Waals surface area (Å²) in [5, 5.41) is 6.66. The maximum Gasteiger partial charge on any atom is 0.271 e. The number of anilines is 1. The molecule has 0 aliphatic heterocycles. The molecular formula is C22H20BrClN4O2S. The summed E-state index contributed by atoms with van der Waals surface area (Å²) in [4.78, 5) is 33.2. The van der Waals surface area contributed by atoms with Crippen LogP contribution >= 0.6 is 39.3 Å². The van der Waals surface area contributed by atoms with Crippen LogP contribution < -0.4 is 10.6 Å². The Hall–Kier alpha value is -2.42. The lowest BCUT2D eigenvalue weighted by molar-refractivity contribution is -0.116. The van der Waals surface area contributed by atoms with Gasteiger partial charge in [0.15, 0.2) is 5.16 Å². The lowest BCUT2D eigenvalue weighted by Gasteiger charge is -2.09. The van der Waals surface area contributed by atoms with E-state index < -0.39 is 0 Å². The van der Waals surface area contributed by atoms with Gasteiger partial charge < -0.3 is 10.6 Å². The van der Waals surface area contributed by atoms with Gasteiger partial charge in [-0.1, -0.05) is 59.3 Å². The topological polar surface area (TPSA) is 84.0 Å². The van der Waals surface area contributed by atoms with Crippen molar-refractivity contribution in [3.8, 4) is 0 Å². The molecule has 2 aromatic carbocycles. The van der Waals surface area contributed by atoms with E-state index in [0.717, 1.165) is 16.8 Å². The predicted octanol–water partition coefficient (Wildman–Crippen LogP) is 5.25. The SMILES string of the molecule is Cc1ccc(NC(=O)CCNC(=O)c2nc(SCc3ccccc3Cl)ncc2Br)cc1. The molecule has 1 aromatic heterocycles. The molecule has 0 radical (unpaired) electrons. The standard InChI is InChI=1S/C22H20BrClN4O2S/c1-14-6-8-16(9-7-14)27-19(29)10-11-25-21(30)20-17(23)12-26-22(28-20)31-13-15-4-2-3-5-18(15)24/h2-9,12H,10-11,13H2,1H3,(H,25,30)(H,27,29). The van der Waals surface area contributed by atoms with Crippen LogP contribution in [0.2, 0.25) is 5.02 Å². The summed E-state index contributed by atoms with van der Waals surface area (Å²) in [7, 11) is 0. The molecule has 160 valence electrons. The van der Waals surface area contributed by atoms with E-state index in [1.54, 1.807) is 6.20 Å². The predicted molar refractivity (Wildman–Crippen MR) is 128 cm³/mol. The summed E-state index contributed by atoms with van der Waals surface area (Å²) in [5.74, 6) is 0.0283. The molecule has 6 nitrogen and oxygen atoms in total. The van der Waals surface area contributed by atoms with Crippen LogP contribution in [0.3, 0.4) is 0 Å². The minimum absolute atomic E-state index is 0.149. The van der Waals surface area contributed by atoms with Crippen LogP contribution in [0.25, 0.3) is 0 Å². The zero-order valence-corrected chi connectivity index (χ0v) is 19.9. The highest BCUT2D eigenvalue weighted by Gasteiger charge is 2.15. The number of thioether (sulfide) groups is 1. The van der Waals surface area contributed by atoms with Crippen LogP contribution in [0.4, 0.5) is 5.69 Å². The van der Waals surface area contributed by atoms with E-state index in [2.05, 4.69) is 36.5 Å². The van der Waals surface area contributed by atoms with Crippen molar-refractivity contribution in [3.05, 3.63) is 81.0 Å². The molecule has 0 aliphatic rings. The van der Waals surface area contributed by atoms with Crippen LogP contribution in [0.15, 0.2) is 64.4 Å². The Morgan fingerprint density at radius 3 is 2.61 bits per heavy atom. The van der Waals surface area contributed by atoms with Crippen molar-refractivity contribution >= 4 is 56.8 Å². The van der Waals surface area contributed by atoms with Gasteiger partial charge in [0, 0.05) is 35.6 Å². The van der Waals surface area contributed by atoms with Gasteiger partial charge in [0.1, 0.15) is 5.69 Å². The van der Waals surface area contributed by atoms with Crippen molar-refractivity contribution in [2.24, 2.45) is 0 Å². The first-order chi connectivity index (χ1) is 14.9. The fourth-order valence-electron chi connectivity index (χ4n) is 2.57. The average Bonchev–Trinajstić information content (AvgIpc) is 2.75. The Balaban J connectivity index is 1.52. The van der Waals surface area contributed by atoms with Crippen LogP contribution in [0, 0.1) is 6.92 Å². The molecule has 0 saturated heterocycles. The van der Waals surface area contributed by atoms with Gasteiger partial charge in [-0.05, 0) is 46.6 Å². The number of nitrogens with one attached hydrogen (secondary N) is 2. The second-order valence-electron chi connectivity index (χ2n) is 6.65. The van der Waals surface area contributed by atoms with Crippen molar-refractivity contribution in [3.63, 3.8) is 0 Å². The maximum atomic E-state index is 12.5. The lowest BCUT2D eigenvalue weighted by Crippen LogP contribution is -2.28. The molecule has 0 spiro atoms. The number of carbonyl (C=O) groups excluding carboxylic acids is 2. The second kappa shape index (κ2) is 11.3. The number of nitrogens with zero attached hydrogens (tertiary/aromatic N) is 2. The lowest BCUT2D eigenvalue weighted by atomic mass is 10.2. The summed E-state index contributed by atoms with van der Waals surface area (Å²) in [5.41, 5.74) is 3.02. The Bertz CT molecular complexity index is 1080. The van der Waals surface area contributed by atoms with Crippen molar-refractivity contribution < 1.29 is 9.59 Å². The van der Waals surface area contributed by atoms with Gasteiger partial charge in [0.05, 0.1) is 4.47 Å². The Labute approximate surface area is 198 Å². The fourth-order valence-corrected chi connectivity index (χ4v) is 4.04. The molecule has 0 fully saturated rings. The molecule has 9 heteroatoms. The highest BCUT2D eigenvalue weighted by Crippen LogP contribution is 2.25. The largest absolute Gasteiger partial charge is 0.350 e. The number of aryl methyl sites for hydroxylation is 1. The van der Waals surface area contributed by atoms with E-state index in [9.17, 15) is 9.59 Å². The highest BCUT2D eigenvalue weighted by molar-refractivity contribution is 9.10. The molecule has 0 bridgehead atoms. The van der Waals surface area contributed by atoms with Gasteiger partial charge in [-0.2, -0.15) is 0 Å². The molecule has 1 heterocycles. The minimum Gasteiger partial charge on any atom is -0.350 e. The van der Waals surface area contributed by atoms with E-state index >= 15 is 0 Å². The highest BCUT2D eigenvalue weighted by atomic mass is 79.9. The average molecular weight is 520 g/mol. The van der Waals surface area contributed by atoms with E-state index in [0.29, 0.717) is 20.4 Å². The first-order valence-corrected chi connectivity index (χ1v) is 11.6. The summed E-state index contributed by atoms with van der Waals surface area (Å²) in [6, 6.07) is 15.1. The zero-order chi connectivity index (χ0) is 22.2. The van der Waals surface area contributed by atoms with Crippen molar-refractivity contribution in [2.45, 2.75) is 24.3 Å². The van der Waals surface area contributed by atoms with Gasteiger partial charge in [-0.3, -0.25) is 9.59 Å². The van der Waals surface area contributed by atoms with Crippen LogP contribution in [0.1, 0.15) is 28.0 Å². The zero-order valence-electron chi connectivity index (χ0n) is 16.7. The van der Waals surface area contributed by atoms with E-state index in [1.807, 2.05) is 55.5 Å². The quantitative estimate of drug-likeness (QED) is 0.314. The smallest absolute Gasteiger partial charge is 0.271 e. The van der Waals surface area contributed by atoms with Gasteiger partial charge in [0.25, 0.3) is 5.91 Å². The van der Waals surface area contributed by atoms with Crippen molar-refractivity contribution in [1.82, 2.24) is 15.3 Å². The normalized spacial score (nSPS) is 10.5. The molecule has 0 atom stereocenters. The first-order valence-electron chi connectivity index (χ1n) is 9.46. The van der Waals surface area contributed by atoms with Gasteiger partial charge in [-0.15, -0.1) is 0 Å². The number of hydrogen-bond acceptors (Lipinski definition) is 5. The molecule has 3 rings (SSSR count). The molecular weight excluding hydrogens is 500 g/mol. The summed E-state index contributed by atoms with van der Waals surface area (Å²) >= 11 is 10.9. The fraction of sp³-hybridized carbons (Fsp3) is 0.182. The Morgan fingerprint density at radius 1 is 1.13 bits per heavy atom. The number of hydrogen-bond donors (Lipinski definition) is 2. The third kappa shape index (κ3) is 7.05.